The van der Waals surface area contributed by atoms with E-state index in [1.165, 1.54) is 12.1 Å². The van der Waals surface area contributed by atoms with Crippen LogP contribution < -0.4 is 0 Å². The maximum atomic E-state index is 11.5. The Morgan fingerprint density at radius 2 is 1.27 bits per heavy atom. The van der Waals surface area contributed by atoms with Gasteiger partial charge in [0, 0.05) is 6.26 Å². The lowest BCUT2D eigenvalue weighted by Crippen LogP contribution is -2.02. The molecule has 116 valence electrons. The normalized spacial score (nSPS) is 12.9. The minimum atomic E-state index is -3.26. The SMILES string of the molecule is CS(=O)(=O)c1ccc(/C(CO)=C(/CO)c2ccccc2)cc1. The molecular formula is C17H18O4S. The Kier molecular flexibility index (Phi) is 5.13. The van der Waals surface area contributed by atoms with E-state index >= 15 is 0 Å². The number of rotatable bonds is 5. The summed E-state index contributed by atoms with van der Waals surface area (Å²) in [6, 6.07) is 15.6. The minimum absolute atomic E-state index is 0.215. The zero-order chi connectivity index (χ0) is 16.2. The first-order chi connectivity index (χ1) is 10.5. The molecule has 0 aliphatic rings. The Labute approximate surface area is 130 Å². The zero-order valence-corrected chi connectivity index (χ0v) is 13.0. The highest BCUT2D eigenvalue weighted by atomic mass is 32.2. The minimum Gasteiger partial charge on any atom is -0.392 e. The van der Waals surface area contributed by atoms with Crippen molar-refractivity contribution in [3.05, 3.63) is 65.7 Å². The Bertz CT molecular complexity index is 760. The van der Waals surface area contributed by atoms with Crippen molar-refractivity contribution in [1.29, 1.82) is 0 Å². The van der Waals surface area contributed by atoms with Crippen LogP contribution in [0.1, 0.15) is 11.1 Å². The fraction of sp³-hybridized carbons (Fsp3) is 0.176. The molecule has 0 aromatic heterocycles. The van der Waals surface area contributed by atoms with Crippen LogP contribution in [0.3, 0.4) is 0 Å². The summed E-state index contributed by atoms with van der Waals surface area (Å²) in [7, 11) is -3.26. The van der Waals surface area contributed by atoms with Crippen molar-refractivity contribution >= 4 is 21.0 Å². The van der Waals surface area contributed by atoms with Crippen LogP contribution in [-0.4, -0.2) is 38.1 Å². The van der Waals surface area contributed by atoms with Gasteiger partial charge in [0.05, 0.1) is 18.1 Å². The van der Waals surface area contributed by atoms with Crippen molar-refractivity contribution in [1.82, 2.24) is 0 Å². The zero-order valence-electron chi connectivity index (χ0n) is 12.2. The van der Waals surface area contributed by atoms with Crippen molar-refractivity contribution in [2.75, 3.05) is 19.5 Å². The van der Waals surface area contributed by atoms with E-state index in [9.17, 15) is 18.6 Å². The van der Waals surface area contributed by atoms with Crippen molar-refractivity contribution < 1.29 is 18.6 Å². The van der Waals surface area contributed by atoms with Gasteiger partial charge in [-0.1, -0.05) is 42.5 Å². The molecule has 0 unspecified atom stereocenters. The molecular weight excluding hydrogens is 300 g/mol. The first kappa shape index (κ1) is 16.4. The highest BCUT2D eigenvalue weighted by Gasteiger charge is 2.12. The van der Waals surface area contributed by atoms with E-state index in [0.29, 0.717) is 16.7 Å². The maximum absolute atomic E-state index is 11.5. The number of hydrogen-bond acceptors (Lipinski definition) is 4. The third-order valence-corrected chi connectivity index (χ3v) is 4.56. The van der Waals surface area contributed by atoms with E-state index in [0.717, 1.165) is 11.8 Å². The molecule has 5 heteroatoms. The van der Waals surface area contributed by atoms with Gasteiger partial charge in [0.2, 0.25) is 0 Å². The first-order valence-corrected chi connectivity index (χ1v) is 8.66. The van der Waals surface area contributed by atoms with Gasteiger partial charge in [-0.05, 0) is 34.4 Å². The number of aliphatic hydroxyl groups excluding tert-OH is 2. The average Bonchev–Trinajstić information content (AvgIpc) is 2.52. The number of benzene rings is 2. The molecule has 0 aliphatic heterocycles. The molecule has 2 aromatic rings. The van der Waals surface area contributed by atoms with Gasteiger partial charge in [0.15, 0.2) is 9.84 Å². The van der Waals surface area contributed by atoms with Crippen LogP contribution in [0.2, 0.25) is 0 Å². The van der Waals surface area contributed by atoms with Crippen molar-refractivity contribution in [2.45, 2.75) is 4.90 Å². The van der Waals surface area contributed by atoms with E-state index in [2.05, 4.69) is 0 Å². The lowest BCUT2D eigenvalue weighted by molar-refractivity contribution is 0.340. The van der Waals surface area contributed by atoms with E-state index in [1.807, 2.05) is 30.3 Å². The Morgan fingerprint density at radius 3 is 1.68 bits per heavy atom. The van der Waals surface area contributed by atoms with Gasteiger partial charge >= 0.3 is 0 Å². The van der Waals surface area contributed by atoms with Gasteiger partial charge in [-0.3, -0.25) is 0 Å². The first-order valence-electron chi connectivity index (χ1n) is 6.77. The summed E-state index contributed by atoms with van der Waals surface area (Å²) in [6.07, 6.45) is 1.15. The third kappa shape index (κ3) is 3.62. The van der Waals surface area contributed by atoms with Gasteiger partial charge in [0.1, 0.15) is 0 Å². The van der Waals surface area contributed by atoms with Gasteiger partial charge in [-0.2, -0.15) is 0 Å². The second-order valence-electron chi connectivity index (χ2n) is 4.94. The van der Waals surface area contributed by atoms with Crippen molar-refractivity contribution in [3.8, 4) is 0 Å². The molecule has 0 spiro atoms. The molecule has 0 atom stereocenters. The summed E-state index contributed by atoms with van der Waals surface area (Å²) < 4.78 is 23.0. The van der Waals surface area contributed by atoms with Gasteiger partial charge in [-0.25, -0.2) is 8.42 Å². The summed E-state index contributed by atoms with van der Waals surface area (Å²) in [5.41, 5.74) is 2.70. The Balaban J connectivity index is 2.53. The van der Waals surface area contributed by atoms with Crippen molar-refractivity contribution in [3.63, 3.8) is 0 Å². The smallest absolute Gasteiger partial charge is 0.175 e. The fourth-order valence-corrected chi connectivity index (χ4v) is 2.90. The highest BCUT2D eigenvalue weighted by Crippen LogP contribution is 2.26. The lowest BCUT2D eigenvalue weighted by Gasteiger charge is -2.13. The van der Waals surface area contributed by atoms with Crippen LogP contribution in [0, 0.1) is 0 Å². The monoisotopic (exact) mass is 318 g/mol. The van der Waals surface area contributed by atoms with Crippen LogP contribution in [0.25, 0.3) is 11.1 Å². The summed E-state index contributed by atoms with van der Waals surface area (Å²) in [4.78, 5) is 0.221. The van der Waals surface area contributed by atoms with E-state index in [-0.39, 0.29) is 18.1 Å². The third-order valence-electron chi connectivity index (χ3n) is 3.43. The number of aliphatic hydroxyl groups is 2. The Hall–Kier alpha value is -1.95. The molecule has 0 saturated carbocycles. The molecule has 0 radical (unpaired) electrons. The summed E-state index contributed by atoms with van der Waals surface area (Å²) in [6.45, 7) is -0.462. The molecule has 0 amide bonds. The molecule has 2 aromatic carbocycles. The molecule has 0 saturated heterocycles. The predicted octanol–water partition coefficient (Wildman–Crippen LogP) is 1.99. The van der Waals surface area contributed by atoms with E-state index < -0.39 is 9.84 Å². The van der Waals surface area contributed by atoms with Crippen LogP contribution >= 0.6 is 0 Å². The van der Waals surface area contributed by atoms with Crippen LogP contribution in [0.5, 0.6) is 0 Å². The largest absolute Gasteiger partial charge is 0.392 e. The van der Waals surface area contributed by atoms with E-state index in [4.69, 9.17) is 0 Å². The van der Waals surface area contributed by atoms with Crippen LogP contribution in [0.4, 0.5) is 0 Å². The molecule has 0 aliphatic carbocycles. The van der Waals surface area contributed by atoms with E-state index in [1.54, 1.807) is 12.1 Å². The maximum Gasteiger partial charge on any atom is 0.175 e. The van der Waals surface area contributed by atoms with Gasteiger partial charge < -0.3 is 10.2 Å². The number of sulfone groups is 1. The second kappa shape index (κ2) is 6.87. The summed E-state index contributed by atoms with van der Waals surface area (Å²) in [5, 5.41) is 19.3. The molecule has 2 N–H and O–H groups in total. The molecule has 0 bridgehead atoms. The summed E-state index contributed by atoms with van der Waals surface area (Å²) in [5.74, 6) is 0. The van der Waals surface area contributed by atoms with Crippen molar-refractivity contribution in [2.24, 2.45) is 0 Å². The van der Waals surface area contributed by atoms with Gasteiger partial charge in [0.25, 0.3) is 0 Å². The standard InChI is InChI=1S/C17H18O4S/c1-22(20,21)15-9-7-14(8-10-15)17(12-19)16(11-18)13-5-3-2-4-6-13/h2-10,18-19H,11-12H2,1H3/b17-16-. The molecule has 0 fully saturated rings. The molecule has 2 rings (SSSR count). The molecule has 22 heavy (non-hydrogen) atoms. The second-order valence-corrected chi connectivity index (χ2v) is 6.95. The highest BCUT2D eigenvalue weighted by molar-refractivity contribution is 7.90. The Morgan fingerprint density at radius 1 is 0.818 bits per heavy atom. The number of hydrogen-bond donors (Lipinski definition) is 2. The predicted molar refractivity (Wildman–Crippen MR) is 87.0 cm³/mol. The summed E-state index contributed by atoms with van der Waals surface area (Å²) >= 11 is 0. The van der Waals surface area contributed by atoms with Crippen LogP contribution in [0.15, 0.2) is 59.5 Å². The lowest BCUT2D eigenvalue weighted by atomic mass is 9.95. The van der Waals surface area contributed by atoms with Gasteiger partial charge in [-0.15, -0.1) is 0 Å². The molecule has 4 nitrogen and oxygen atoms in total. The quantitative estimate of drug-likeness (QED) is 0.827. The van der Waals surface area contributed by atoms with Crippen LogP contribution in [-0.2, 0) is 9.84 Å². The average molecular weight is 318 g/mol. The topological polar surface area (TPSA) is 74.6 Å². The molecule has 0 heterocycles. The fourth-order valence-electron chi connectivity index (χ4n) is 2.26.